The number of hydrogen-bond acceptors (Lipinski definition) is 4. The second-order valence-corrected chi connectivity index (χ2v) is 6.39. The standard InChI is InChI=1S/C18H24ClNO3/c1-3-23-17(22)18(10-7-11-19)13-20(12-16(18)21)14(2)15-8-5-4-6-9-15/h4-6,8-9,14H,3,7,10-13H2,1-2H3. The van der Waals surface area contributed by atoms with Gasteiger partial charge in [0.05, 0.1) is 13.2 Å². The Kier molecular flexibility index (Phi) is 6.19. The zero-order valence-electron chi connectivity index (χ0n) is 13.8. The molecule has 0 saturated carbocycles. The molecule has 2 atom stereocenters. The van der Waals surface area contributed by atoms with Crippen LogP contribution < -0.4 is 0 Å². The van der Waals surface area contributed by atoms with Crippen LogP contribution in [0, 0.1) is 5.41 Å². The van der Waals surface area contributed by atoms with Crippen molar-refractivity contribution in [1.82, 2.24) is 4.90 Å². The Labute approximate surface area is 142 Å². The summed E-state index contributed by atoms with van der Waals surface area (Å²) in [4.78, 5) is 27.2. The lowest BCUT2D eigenvalue weighted by Crippen LogP contribution is -2.41. The van der Waals surface area contributed by atoms with Gasteiger partial charge in [-0.3, -0.25) is 14.5 Å². The summed E-state index contributed by atoms with van der Waals surface area (Å²) in [6.07, 6.45) is 1.08. The minimum absolute atomic E-state index is 0.0520. The van der Waals surface area contributed by atoms with Crippen molar-refractivity contribution in [3.8, 4) is 0 Å². The van der Waals surface area contributed by atoms with E-state index in [2.05, 4.69) is 11.8 Å². The summed E-state index contributed by atoms with van der Waals surface area (Å²) in [7, 11) is 0. The number of alkyl halides is 1. The molecule has 1 fully saturated rings. The molecule has 0 aromatic heterocycles. The number of ketones is 1. The first-order valence-electron chi connectivity index (χ1n) is 8.10. The molecule has 1 saturated heterocycles. The number of esters is 1. The Bertz CT molecular complexity index is 548. The van der Waals surface area contributed by atoms with Gasteiger partial charge >= 0.3 is 5.97 Å². The van der Waals surface area contributed by atoms with E-state index in [9.17, 15) is 9.59 Å². The fourth-order valence-corrected chi connectivity index (χ4v) is 3.31. The van der Waals surface area contributed by atoms with E-state index in [0.717, 1.165) is 5.56 Å². The molecule has 2 unspecified atom stereocenters. The van der Waals surface area contributed by atoms with Crippen LogP contribution in [0.5, 0.6) is 0 Å². The third-order valence-corrected chi connectivity index (χ3v) is 4.85. The maximum absolute atomic E-state index is 12.7. The van der Waals surface area contributed by atoms with Crippen molar-refractivity contribution < 1.29 is 14.3 Å². The van der Waals surface area contributed by atoms with E-state index in [-0.39, 0.29) is 25.0 Å². The van der Waals surface area contributed by atoms with Gasteiger partial charge in [-0.05, 0) is 32.3 Å². The highest BCUT2D eigenvalue weighted by Crippen LogP contribution is 2.38. The molecule has 1 aliphatic heterocycles. The number of carbonyl (C=O) groups excluding carboxylic acids is 2. The molecule has 5 heteroatoms. The van der Waals surface area contributed by atoms with Gasteiger partial charge in [0.25, 0.3) is 0 Å². The first kappa shape index (κ1) is 18.0. The van der Waals surface area contributed by atoms with E-state index in [1.165, 1.54) is 0 Å². The Morgan fingerprint density at radius 2 is 2.09 bits per heavy atom. The van der Waals surface area contributed by atoms with Crippen molar-refractivity contribution >= 4 is 23.4 Å². The predicted molar refractivity (Wildman–Crippen MR) is 90.5 cm³/mol. The summed E-state index contributed by atoms with van der Waals surface area (Å²) >= 11 is 5.79. The molecular formula is C18H24ClNO3. The van der Waals surface area contributed by atoms with E-state index in [1.54, 1.807) is 6.92 Å². The van der Waals surface area contributed by atoms with Gasteiger partial charge < -0.3 is 4.74 Å². The summed E-state index contributed by atoms with van der Waals surface area (Å²) < 4.78 is 5.20. The fraction of sp³-hybridized carbons (Fsp3) is 0.556. The molecule has 4 nitrogen and oxygen atoms in total. The Morgan fingerprint density at radius 3 is 2.70 bits per heavy atom. The first-order valence-corrected chi connectivity index (χ1v) is 8.64. The van der Waals surface area contributed by atoms with Crippen molar-refractivity contribution in [2.75, 3.05) is 25.6 Å². The van der Waals surface area contributed by atoms with Gasteiger partial charge in [-0.2, -0.15) is 0 Å². The number of hydrogen-bond donors (Lipinski definition) is 0. The van der Waals surface area contributed by atoms with Crippen LogP contribution in [0.15, 0.2) is 30.3 Å². The second kappa shape index (κ2) is 7.93. The number of halogens is 1. The molecule has 0 aliphatic carbocycles. The van der Waals surface area contributed by atoms with Crippen molar-refractivity contribution in [3.63, 3.8) is 0 Å². The molecular weight excluding hydrogens is 314 g/mol. The van der Waals surface area contributed by atoms with Crippen molar-refractivity contribution in [2.45, 2.75) is 32.7 Å². The van der Waals surface area contributed by atoms with Crippen molar-refractivity contribution in [3.05, 3.63) is 35.9 Å². The Balaban J connectivity index is 2.21. The highest BCUT2D eigenvalue weighted by Gasteiger charge is 2.53. The smallest absolute Gasteiger partial charge is 0.321 e. The van der Waals surface area contributed by atoms with E-state index in [4.69, 9.17) is 16.3 Å². The number of Topliss-reactive ketones (excluding diaryl/α,β-unsaturated/α-hetero) is 1. The molecule has 1 heterocycles. The number of carbonyl (C=O) groups is 2. The highest BCUT2D eigenvalue weighted by atomic mass is 35.5. The lowest BCUT2D eigenvalue weighted by atomic mass is 9.81. The summed E-state index contributed by atoms with van der Waals surface area (Å²) in [5, 5.41) is 0. The van der Waals surface area contributed by atoms with E-state index in [0.29, 0.717) is 25.3 Å². The summed E-state index contributed by atoms with van der Waals surface area (Å²) in [5.74, 6) is -0.0235. The second-order valence-electron chi connectivity index (χ2n) is 6.01. The van der Waals surface area contributed by atoms with E-state index in [1.807, 2.05) is 30.3 Å². The van der Waals surface area contributed by atoms with Gasteiger partial charge in [0.15, 0.2) is 5.78 Å². The Hall–Kier alpha value is -1.39. The molecule has 23 heavy (non-hydrogen) atoms. The minimum atomic E-state index is -1.06. The number of nitrogens with zero attached hydrogens (tertiary/aromatic N) is 1. The SMILES string of the molecule is CCOC(=O)C1(CCCCl)CN(C(C)c2ccccc2)CC1=O. The zero-order chi connectivity index (χ0) is 16.9. The van der Waals surface area contributed by atoms with Gasteiger partial charge in [-0.15, -0.1) is 11.6 Å². The molecule has 1 aromatic carbocycles. The average Bonchev–Trinajstić information content (AvgIpc) is 2.91. The van der Waals surface area contributed by atoms with Crippen LogP contribution in [0.1, 0.15) is 38.3 Å². The molecule has 126 valence electrons. The number of ether oxygens (including phenoxy) is 1. The van der Waals surface area contributed by atoms with Crippen LogP contribution in [-0.2, 0) is 14.3 Å². The number of likely N-dealkylation sites (tertiary alicyclic amines) is 1. The molecule has 0 spiro atoms. The maximum atomic E-state index is 12.7. The monoisotopic (exact) mass is 337 g/mol. The van der Waals surface area contributed by atoms with Gasteiger partial charge in [0, 0.05) is 18.5 Å². The molecule has 1 aromatic rings. The molecule has 2 rings (SSSR count). The average molecular weight is 338 g/mol. The minimum Gasteiger partial charge on any atom is -0.465 e. The van der Waals surface area contributed by atoms with Crippen LogP contribution in [0.3, 0.4) is 0 Å². The lowest BCUT2D eigenvalue weighted by Gasteiger charge is -2.28. The lowest BCUT2D eigenvalue weighted by molar-refractivity contribution is -0.158. The van der Waals surface area contributed by atoms with Crippen LogP contribution >= 0.6 is 11.6 Å². The van der Waals surface area contributed by atoms with Crippen LogP contribution in [0.2, 0.25) is 0 Å². The van der Waals surface area contributed by atoms with Gasteiger partial charge in [-0.25, -0.2) is 0 Å². The third-order valence-electron chi connectivity index (χ3n) is 4.59. The predicted octanol–water partition coefficient (Wildman–Crippen LogP) is 3.20. The van der Waals surface area contributed by atoms with Gasteiger partial charge in [0.1, 0.15) is 5.41 Å². The number of benzene rings is 1. The summed E-state index contributed by atoms with van der Waals surface area (Å²) in [6.45, 7) is 4.78. The van der Waals surface area contributed by atoms with Crippen LogP contribution in [0.25, 0.3) is 0 Å². The molecule has 0 radical (unpaired) electrons. The molecule has 0 bridgehead atoms. The van der Waals surface area contributed by atoms with E-state index >= 15 is 0 Å². The molecule has 0 N–H and O–H groups in total. The third kappa shape index (κ3) is 3.75. The summed E-state index contributed by atoms with van der Waals surface area (Å²) in [5.41, 5.74) is 0.0748. The first-order chi connectivity index (χ1) is 11.0. The molecule has 0 amide bonds. The maximum Gasteiger partial charge on any atom is 0.321 e. The summed E-state index contributed by atoms with van der Waals surface area (Å²) in [6, 6.07) is 10.1. The van der Waals surface area contributed by atoms with Crippen LogP contribution in [0.4, 0.5) is 0 Å². The van der Waals surface area contributed by atoms with Crippen molar-refractivity contribution in [1.29, 1.82) is 0 Å². The fourth-order valence-electron chi connectivity index (χ4n) is 3.18. The van der Waals surface area contributed by atoms with Crippen molar-refractivity contribution in [2.24, 2.45) is 5.41 Å². The topological polar surface area (TPSA) is 46.6 Å². The quantitative estimate of drug-likeness (QED) is 0.435. The van der Waals surface area contributed by atoms with E-state index < -0.39 is 11.4 Å². The van der Waals surface area contributed by atoms with Gasteiger partial charge in [-0.1, -0.05) is 30.3 Å². The zero-order valence-corrected chi connectivity index (χ0v) is 14.5. The normalized spacial score (nSPS) is 23.0. The molecule has 1 aliphatic rings. The largest absolute Gasteiger partial charge is 0.465 e. The van der Waals surface area contributed by atoms with Crippen LogP contribution in [-0.4, -0.2) is 42.2 Å². The Morgan fingerprint density at radius 1 is 1.39 bits per heavy atom. The number of rotatable bonds is 7. The highest BCUT2D eigenvalue weighted by molar-refractivity contribution is 6.17. The van der Waals surface area contributed by atoms with Gasteiger partial charge in [0.2, 0.25) is 0 Å².